The highest BCUT2D eigenvalue weighted by Crippen LogP contribution is 2.25. The minimum absolute atomic E-state index is 0.105. The average molecular weight is 374 g/mol. The molecule has 134 valence electrons. The molecule has 0 spiro atoms. The number of fused-ring (bicyclic) bond motifs is 1. The van der Waals surface area contributed by atoms with Crippen molar-refractivity contribution in [3.05, 3.63) is 62.5 Å². The van der Waals surface area contributed by atoms with Crippen LogP contribution in [-0.2, 0) is 4.74 Å². The summed E-state index contributed by atoms with van der Waals surface area (Å²) in [5.41, 5.74) is 0.812. The van der Waals surface area contributed by atoms with E-state index in [-0.39, 0.29) is 34.8 Å². The quantitative estimate of drug-likeness (QED) is 0.242. The lowest BCUT2D eigenvalue weighted by atomic mass is 10.1. The van der Waals surface area contributed by atoms with Gasteiger partial charge in [-0.1, -0.05) is 23.5 Å². The second-order valence-corrected chi connectivity index (χ2v) is 6.61. The zero-order valence-corrected chi connectivity index (χ0v) is 14.4. The zero-order valence-electron chi connectivity index (χ0n) is 13.5. The van der Waals surface area contributed by atoms with Gasteiger partial charge in [0, 0.05) is 12.6 Å². The minimum Gasteiger partial charge on any atom is -0.462 e. The Morgan fingerprint density at radius 1 is 1.08 bits per heavy atom. The topological polar surface area (TPSA) is 107 Å². The van der Waals surface area contributed by atoms with Gasteiger partial charge >= 0.3 is 11.0 Å². The van der Waals surface area contributed by atoms with E-state index in [2.05, 4.69) is 0 Å². The van der Waals surface area contributed by atoms with Gasteiger partial charge in [-0.05, 0) is 31.0 Å². The van der Waals surface area contributed by atoms with E-state index < -0.39 is 10.9 Å². The van der Waals surface area contributed by atoms with Crippen LogP contribution in [0.2, 0.25) is 0 Å². The third kappa shape index (κ3) is 3.47. The second-order valence-electron chi connectivity index (χ2n) is 5.55. The Labute approximate surface area is 152 Å². The fraction of sp³-hybridized carbons (Fsp3) is 0.235. The fourth-order valence-electron chi connectivity index (χ4n) is 2.59. The smallest absolute Gasteiger partial charge is 0.348 e. The van der Waals surface area contributed by atoms with E-state index in [0.29, 0.717) is 24.0 Å². The third-order valence-corrected chi connectivity index (χ3v) is 4.88. The summed E-state index contributed by atoms with van der Waals surface area (Å²) in [6.07, 6.45) is 0.954. The van der Waals surface area contributed by atoms with E-state index in [1.165, 1.54) is 17.0 Å². The molecular formula is C17H14N2O6S. The summed E-state index contributed by atoms with van der Waals surface area (Å²) in [6, 6.07) is 9.27. The van der Waals surface area contributed by atoms with Crippen LogP contribution in [0.25, 0.3) is 0 Å². The Bertz CT molecular complexity index is 856. The molecule has 0 saturated carbocycles. The first-order chi connectivity index (χ1) is 12.5. The summed E-state index contributed by atoms with van der Waals surface area (Å²) in [6.45, 7) is 0.349. The van der Waals surface area contributed by atoms with Crippen LogP contribution in [-0.4, -0.2) is 40.8 Å². The molecule has 1 aromatic carbocycles. The number of unbranched alkanes of at least 4 members (excludes halogenated alkanes) is 1. The maximum absolute atomic E-state index is 12.2. The maximum Gasteiger partial charge on any atom is 0.348 e. The Hall–Kier alpha value is -3.07. The van der Waals surface area contributed by atoms with E-state index in [9.17, 15) is 24.5 Å². The molecular weight excluding hydrogens is 360 g/mol. The van der Waals surface area contributed by atoms with Crippen LogP contribution in [0, 0.1) is 10.1 Å². The summed E-state index contributed by atoms with van der Waals surface area (Å²) in [5, 5.41) is 10.5. The van der Waals surface area contributed by atoms with Crippen molar-refractivity contribution >= 4 is 34.1 Å². The van der Waals surface area contributed by atoms with Gasteiger partial charge in [0.2, 0.25) is 0 Å². The van der Waals surface area contributed by atoms with Gasteiger partial charge in [0.05, 0.1) is 22.7 Å². The molecule has 8 nitrogen and oxygen atoms in total. The second kappa shape index (κ2) is 7.44. The van der Waals surface area contributed by atoms with E-state index in [1.807, 2.05) is 0 Å². The van der Waals surface area contributed by atoms with Crippen LogP contribution in [0.4, 0.5) is 5.00 Å². The average Bonchev–Trinajstić information content (AvgIpc) is 3.21. The lowest BCUT2D eigenvalue weighted by molar-refractivity contribution is -0.380. The lowest BCUT2D eigenvalue weighted by Crippen LogP contribution is -2.30. The number of nitro groups is 1. The lowest BCUT2D eigenvalue weighted by Gasteiger charge is -2.13. The Balaban J connectivity index is 1.43. The predicted molar refractivity (Wildman–Crippen MR) is 92.3 cm³/mol. The highest BCUT2D eigenvalue weighted by molar-refractivity contribution is 7.17. The molecule has 0 N–H and O–H groups in total. The molecule has 0 radical (unpaired) electrons. The van der Waals surface area contributed by atoms with Crippen molar-refractivity contribution < 1.29 is 24.0 Å². The molecule has 0 fully saturated rings. The van der Waals surface area contributed by atoms with Crippen molar-refractivity contribution in [1.29, 1.82) is 0 Å². The number of benzene rings is 1. The summed E-state index contributed by atoms with van der Waals surface area (Å²) < 4.78 is 5.06. The predicted octanol–water partition coefficient (Wildman–Crippen LogP) is 2.89. The number of hydrogen-bond donors (Lipinski definition) is 0. The first kappa shape index (κ1) is 17.7. The van der Waals surface area contributed by atoms with Gasteiger partial charge in [0.1, 0.15) is 4.88 Å². The van der Waals surface area contributed by atoms with Gasteiger partial charge in [-0.15, -0.1) is 0 Å². The number of nitrogens with zero attached hydrogens (tertiary/aromatic N) is 2. The Morgan fingerprint density at radius 2 is 1.73 bits per heavy atom. The number of imide groups is 1. The summed E-state index contributed by atoms with van der Waals surface area (Å²) in [5.74, 6) is -1.24. The van der Waals surface area contributed by atoms with Gasteiger partial charge in [0.15, 0.2) is 0 Å². The molecule has 2 amide bonds. The molecule has 1 aliphatic rings. The molecule has 0 bridgehead atoms. The third-order valence-electron chi connectivity index (χ3n) is 3.86. The van der Waals surface area contributed by atoms with E-state index in [4.69, 9.17) is 4.74 Å². The molecule has 1 aliphatic heterocycles. The van der Waals surface area contributed by atoms with Crippen molar-refractivity contribution in [3.63, 3.8) is 0 Å². The molecule has 0 unspecified atom stereocenters. The molecule has 0 atom stereocenters. The van der Waals surface area contributed by atoms with Crippen LogP contribution < -0.4 is 0 Å². The molecule has 2 aromatic rings. The van der Waals surface area contributed by atoms with Crippen molar-refractivity contribution in [2.75, 3.05) is 13.2 Å². The number of esters is 1. The first-order valence-corrected chi connectivity index (χ1v) is 8.67. The number of thiophene rings is 1. The highest BCUT2D eigenvalue weighted by Gasteiger charge is 2.34. The van der Waals surface area contributed by atoms with Crippen molar-refractivity contribution in [2.24, 2.45) is 0 Å². The van der Waals surface area contributed by atoms with E-state index >= 15 is 0 Å². The number of ether oxygens (including phenoxy) is 1. The Morgan fingerprint density at radius 3 is 2.31 bits per heavy atom. The maximum atomic E-state index is 12.2. The standard InChI is InChI=1S/C17H14N2O6S/c20-15-11-5-1-2-6-12(11)16(21)18(15)9-3-4-10-25-17(22)13-7-8-14(26-13)19(23)24/h1-2,5-8H,3-4,9-10H2. The normalized spacial score (nSPS) is 13.0. The first-order valence-electron chi connectivity index (χ1n) is 7.85. The molecule has 0 saturated heterocycles. The number of hydrogen-bond acceptors (Lipinski definition) is 7. The fourth-order valence-corrected chi connectivity index (χ4v) is 3.30. The van der Waals surface area contributed by atoms with E-state index in [1.54, 1.807) is 24.3 Å². The van der Waals surface area contributed by atoms with Gasteiger partial charge in [0.25, 0.3) is 11.8 Å². The molecule has 0 aliphatic carbocycles. The van der Waals surface area contributed by atoms with Gasteiger partial charge in [-0.2, -0.15) is 0 Å². The molecule has 26 heavy (non-hydrogen) atoms. The van der Waals surface area contributed by atoms with Gasteiger partial charge < -0.3 is 4.74 Å². The van der Waals surface area contributed by atoms with E-state index in [0.717, 1.165) is 11.3 Å². The zero-order chi connectivity index (χ0) is 18.7. The van der Waals surface area contributed by atoms with Gasteiger partial charge in [-0.25, -0.2) is 4.79 Å². The van der Waals surface area contributed by atoms with Crippen molar-refractivity contribution in [1.82, 2.24) is 4.90 Å². The summed E-state index contributed by atoms with van der Waals surface area (Å²) in [7, 11) is 0. The van der Waals surface area contributed by atoms with Crippen LogP contribution in [0.5, 0.6) is 0 Å². The summed E-state index contributed by atoms with van der Waals surface area (Å²) >= 11 is 0.756. The Kier molecular flexibility index (Phi) is 5.08. The highest BCUT2D eigenvalue weighted by atomic mass is 32.1. The van der Waals surface area contributed by atoms with Crippen LogP contribution in [0.15, 0.2) is 36.4 Å². The molecule has 2 heterocycles. The largest absolute Gasteiger partial charge is 0.462 e. The number of carbonyl (C=O) groups is 3. The van der Waals surface area contributed by atoms with Crippen LogP contribution >= 0.6 is 11.3 Å². The number of rotatable bonds is 7. The van der Waals surface area contributed by atoms with Crippen LogP contribution in [0.1, 0.15) is 43.2 Å². The minimum atomic E-state index is -0.621. The number of carbonyl (C=O) groups excluding carboxylic acids is 3. The van der Waals surface area contributed by atoms with Crippen molar-refractivity contribution in [2.45, 2.75) is 12.8 Å². The monoisotopic (exact) mass is 374 g/mol. The van der Waals surface area contributed by atoms with Crippen LogP contribution in [0.3, 0.4) is 0 Å². The van der Waals surface area contributed by atoms with Gasteiger partial charge in [-0.3, -0.25) is 24.6 Å². The van der Waals surface area contributed by atoms with Crippen molar-refractivity contribution in [3.8, 4) is 0 Å². The summed E-state index contributed by atoms with van der Waals surface area (Å²) in [4.78, 5) is 47.6. The molecule has 1 aromatic heterocycles. The molecule has 3 rings (SSSR count). The molecule has 9 heteroatoms. The SMILES string of the molecule is O=C(OCCCCN1C(=O)c2ccccc2C1=O)c1ccc([N+](=O)[O-])s1. The number of amides is 2.